The van der Waals surface area contributed by atoms with Gasteiger partial charge in [0.1, 0.15) is 11.2 Å². The fourth-order valence-electron chi connectivity index (χ4n) is 7.32. The van der Waals surface area contributed by atoms with E-state index in [1.165, 1.54) is 21.5 Å². The Morgan fingerprint density at radius 2 is 0.784 bits per heavy atom. The number of furan rings is 1. The molecule has 0 saturated carbocycles. The predicted molar refractivity (Wildman–Crippen MR) is 209 cm³/mol. The van der Waals surface area contributed by atoms with Crippen molar-refractivity contribution in [3.05, 3.63) is 176 Å². The minimum Gasteiger partial charge on any atom is -0.456 e. The summed E-state index contributed by atoms with van der Waals surface area (Å²) >= 11 is 0. The highest BCUT2D eigenvalue weighted by molar-refractivity contribution is 6.12. The third-order valence-corrected chi connectivity index (χ3v) is 9.70. The van der Waals surface area contributed by atoms with Crippen LogP contribution in [0.3, 0.4) is 0 Å². The van der Waals surface area contributed by atoms with E-state index in [1.807, 2.05) is 60.7 Å². The molecule has 238 valence electrons. The van der Waals surface area contributed by atoms with Crippen molar-refractivity contribution in [1.82, 2.24) is 15.0 Å². The van der Waals surface area contributed by atoms with Gasteiger partial charge in [-0.2, -0.15) is 0 Å². The van der Waals surface area contributed by atoms with Gasteiger partial charge in [-0.1, -0.05) is 146 Å². The maximum absolute atomic E-state index is 6.27. The van der Waals surface area contributed by atoms with Crippen LogP contribution in [-0.4, -0.2) is 15.0 Å². The van der Waals surface area contributed by atoms with E-state index in [4.69, 9.17) is 19.4 Å². The molecular weight excluding hydrogens is 623 g/mol. The monoisotopic (exact) mass is 651 g/mol. The molecule has 0 fully saturated rings. The van der Waals surface area contributed by atoms with Crippen LogP contribution in [0.25, 0.3) is 99.9 Å². The van der Waals surface area contributed by atoms with Crippen molar-refractivity contribution in [2.45, 2.75) is 0 Å². The van der Waals surface area contributed by atoms with E-state index in [2.05, 4.69) is 115 Å². The first kappa shape index (κ1) is 29.0. The van der Waals surface area contributed by atoms with E-state index in [1.54, 1.807) is 0 Å². The van der Waals surface area contributed by atoms with Crippen molar-refractivity contribution in [1.29, 1.82) is 0 Å². The quantitative estimate of drug-likeness (QED) is 0.186. The molecule has 10 rings (SSSR count). The fourth-order valence-corrected chi connectivity index (χ4v) is 7.32. The molecule has 0 aliphatic heterocycles. The Morgan fingerprint density at radius 3 is 1.47 bits per heavy atom. The normalized spacial score (nSPS) is 11.5. The van der Waals surface area contributed by atoms with Gasteiger partial charge in [-0.15, -0.1) is 0 Å². The lowest BCUT2D eigenvalue weighted by molar-refractivity contribution is 0.669. The molecule has 4 heteroatoms. The summed E-state index contributed by atoms with van der Waals surface area (Å²) in [6.07, 6.45) is 0. The molecule has 0 spiro atoms. The Bertz CT molecular complexity index is 2820. The molecule has 51 heavy (non-hydrogen) atoms. The minimum atomic E-state index is 0.596. The summed E-state index contributed by atoms with van der Waals surface area (Å²) in [7, 11) is 0. The highest BCUT2D eigenvalue weighted by atomic mass is 16.3. The highest BCUT2D eigenvalue weighted by Crippen LogP contribution is 2.40. The van der Waals surface area contributed by atoms with Gasteiger partial charge >= 0.3 is 0 Å². The van der Waals surface area contributed by atoms with Gasteiger partial charge in [0, 0.05) is 27.5 Å². The lowest BCUT2D eigenvalue weighted by atomic mass is 9.91. The maximum Gasteiger partial charge on any atom is 0.164 e. The molecule has 8 aromatic carbocycles. The summed E-state index contributed by atoms with van der Waals surface area (Å²) < 4.78 is 6.27. The first-order valence-electron chi connectivity index (χ1n) is 17.1. The van der Waals surface area contributed by atoms with Crippen LogP contribution in [0.15, 0.2) is 180 Å². The van der Waals surface area contributed by atoms with E-state index < -0.39 is 0 Å². The van der Waals surface area contributed by atoms with Crippen molar-refractivity contribution in [2.24, 2.45) is 0 Å². The molecule has 0 aliphatic carbocycles. The standard InChI is InChI=1S/C47H29N3O/c1-2-15-32(16-3-1)45-48-46(50-47(49-45)41-24-12-26-43-44(41)40-21-8-9-25-42(40)51-43)35-28-33(38-22-10-17-30-13-4-6-19-36(30)38)27-34(29-35)39-23-11-18-31-14-5-7-20-37(31)39/h1-29H. The molecule has 0 bridgehead atoms. The molecule has 0 amide bonds. The summed E-state index contributed by atoms with van der Waals surface area (Å²) in [4.78, 5) is 15.6. The minimum absolute atomic E-state index is 0.596. The van der Waals surface area contributed by atoms with Gasteiger partial charge in [0.25, 0.3) is 0 Å². The molecule has 0 N–H and O–H groups in total. The van der Waals surface area contributed by atoms with Crippen LogP contribution in [0.1, 0.15) is 0 Å². The number of hydrogen-bond donors (Lipinski definition) is 0. The molecule has 0 atom stereocenters. The second kappa shape index (κ2) is 11.9. The van der Waals surface area contributed by atoms with E-state index in [0.717, 1.165) is 60.9 Å². The molecule has 0 saturated heterocycles. The van der Waals surface area contributed by atoms with E-state index >= 15 is 0 Å². The number of benzene rings is 8. The van der Waals surface area contributed by atoms with Gasteiger partial charge in [0.2, 0.25) is 0 Å². The second-order valence-corrected chi connectivity index (χ2v) is 12.8. The van der Waals surface area contributed by atoms with E-state index in [9.17, 15) is 0 Å². The Hall–Kier alpha value is -6.91. The summed E-state index contributed by atoms with van der Waals surface area (Å²) in [6.45, 7) is 0. The van der Waals surface area contributed by atoms with Gasteiger partial charge in [-0.25, -0.2) is 15.0 Å². The Morgan fingerprint density at radius 1 is 0.314 bits per heavy atom. The molecule has 0 radical (unpaired) electrons. The van der Waals surface area contributed by atoms with Crippen molar-refractivity contribution in [3.8, 4) is 56.4 Å². The number of rotatable bonds is 5. The summed E-state index contributed by atoms with van der Waals surface area (Å²) in [6, 6.07) is 61.2. The largest absolute Gasteiger partial charge is 0.456 e. The van der Waals surface area contributed by atoms with Crippen LogP contribution in [0.2, 0.25) is 0 Å². The maximum atomic E-state index is 6.27. The number of hydrogen-bond acceptors (Lipinski definition) is 4. The van der Waals surface area contributed by atoms with Gasteiger partial charge in [0.05, 0.1) is 0 Å². The average Bonchev–Trinajstić information content (AvgIpc) is 3.59. The zero-order chi connectivity index (χ0) is 33.7. The van der Waals surface area contributed by atoms with Crippen LogP contribution in [0.4, 0.5) is 0 Å². The topological polar surface area (TPSA) is 51.8 Å². The third-order valence-electron chi connectivity index (χ3n) is 9.70. The Kier molecular flexibility index (Phi) is 6.78. The fraction of sp³-hybridized carbons (Fsp3) is 0. The van der Waals surface area contributed by atoms with Gasteiger partial charge in [0.15, 0.2) is 17.5 Å². The predicted octanol–water partition coefficient (Wildman–Crippen LogP) is 12.4. The van der Waals surface area contributed by atoms with Crippen LogP contribution < -0.4 is 0 Å². The number of aromatic nitrogens is 3. The Balaban J connectivity index is 1.27. The molecule has 10 aromatic rings. The lowest BCUT2D eigenvalue weighted by Crippen LogP contribution is -2.01. The molecular formula is C47H29N3O. The Labute approximate surface area is 294 Å². The first-order valence-corrected chi connectivity index (χ1v) is 17.1. The van der Waals surface area contributed by atoms with Crippen molar-refractivity contribution < 1.29 is 4.42 Å². The second-order valence-electron chi connectivity index (χ2n) is 12.8. The van der Waals surface area contributed by atoms with Gasteiger partial charge < -0.3 is 4.42 Å². The van der Waals surface area contributed by atoms with Crippen molar-refractivity contribution in [2.75, 3.05) is 0 Å². The SMILES string of the molecule is c1ccc(-c2nc(-c3cc(-c4cccc5ccccc45)cc(-c4cccc5ccccc45)c3)nc(-c3cccc4oc5ccccc5c34)n2)cc1. The number of nitrogens with zero attached hydrogens (tertiary/aromatic N) is 3. The summed E-state index contributed by atoms with van der Waals surface area (Å²) in [5.41, 5.74) is 8.87. The highest BCUT2D eigenvalue weighted by Gasteiger charge is 2.19. The summed E-state index contributed by atoms with van der Waals surface area (Å²) in [5, 5.41) is 6.80. The smallest absolute Gasteiger partial charge is 0.164 e. The lowest BCUT2D eigenvalue weighted by Gasteiger charge is -2.15. The zero-order valence-electron chi connectivity index (χ0n) is 27.5. The average molecular weight is 652 g/mol. The van der Waals surface area contributed by atoms with Crippen molar-refractivity contribution >= 4 is 43.5 Å². The number of para-hydroxylation sites is 1. The molecule has 2 heterocycles. The molecule has 2 aromatic heterocycles. The molecule has 0 aliphatic rings. The van der Waals surface area contributed by atoms with Gasteiger partial charge in [-0.05, 0) is 74.1 Å². The summed E-state index contributed by atoms with van der Waals surface area (Å²) in [5.74, 6) is 1.81. The van der Waals surface area contributed by atoms with Crippen molar-refractivity contribution in [3.63, 3.8) is 0 Å². The number of fused-ring (bicyclic) bond motifs is 5. The third kappa shape index (κ3) is 5.04. The van der Waals surface area contributed by atoms with E-state index in [0.29, 0.717) is 17.5 Å². The van der Waals surface area contributed by atoms with E-state index in [-0.39, 0.29) is 0 Å². The first-order chi connectivity index (χ1) is 25.3. The zero-order valence-corrected chi connectivity index (χ0v) is 27.5. The molecule has 4 nitrogen and oxygen atoms in total. The van der Waals surface area contributed by atoms with Crippen LogP contribution in [-0.2, 0) is 0 Å². The van der Waals surface area contributed by atoms with Crippen LogP contribution in [0, 0.1) is 0 Å². The van der Waals surface area contributed by atoms with Crippen LogP contribution in [0.5, 0.6) is 0 Å². The van der Waals surface area contributed by atoms with Gasteiger partial charge in [-0.3, -0.25) is 0 Å². The molecule has 0 unspecified atom stereocenters. The van der Waals surface area contributed by atoms with Crippen LogP contribution >= 0.6 is 0 Å².